The smallest absolute Gasteiger partial charge is 0.238 e. The summed E-state index contributed by atoms with van der Waals surface area (Å²) in [5.74, 6) is -1.15. The number of hydrogen-bond donors (Lipinski definition) is 3. The lowest BCUT2D eigenvalue weighted by molar-refractivity contribution is -0.119. The van der Waals surface area contributed by atoms with Gasteiger partial charge in [-0.15, -0.1) is 0 Å². The van der Waals surface area contributed by atoms with E-state index < -0.39 is 17.1 Å². The number of hydrogen-bond acceptors (Lipinski definition) is 3. The minimum atomic E-state index is -0.997. The molecular formula is C11H11BrFN3O2. The van der Waals surface area contributed by atoms with Crippen LogP contribution in [0.25, 0.3) is 0 Å². The van der Waals surface area contributed by atoms with Gasteiger partial charge in [0.25, 0.3) is 0 Å². The van der Waals surface area contributed by atoms with Crippen molar-refractivity contribution in [2.24, 2.45) is 16.3 Å². The van der Waals surface area contributed by atoms with E-state index in [1.54, 1.807) is 0 Å². The Morgan fingerprint density at radius 1 is 1.56 bits per heavy atom. The van der Waals surface area contributed by atoms with Crippen LogP contribution in [0.4, 0.5) is 10.1 Å². The monoisotopic (exact) mass is 315 g/mol. The average Bonchev–Trinajstić information content (AvgIpc) is 3.14. The molecule has 0 spiro atoms. The predicted molar refractivity (Wildman–Crippen MR) is 67.8 cm³/mol. The molecule has 4 N–H and O–H groups in total. The summed E-state index contributed by atoms with van der Waals surface area (Å²) < 4.78 is 14.1. The number of anilines is 1. The Morgan fingerprint density at radius 3 is 2.78 bits per heavy atom. The molecule has 96 valence electrons. The van der Waals surface area contributed by atoms with Crippen LogP contribution in [0.5, 0.6) is 0 Å². The predicted octanol–water partition coefficient (Wildman–Crippen LogP) is 2.05. The van der Waals surface area contributed by atoms with Gasteiger partial charge in [0.2, 0.25) is 5.91 Å². The molecular weight excluding hydrogens is 305 g/mol. The van der Waals surface area contributed by atoms with Crippen LogP contribution >= 0.6 is 15.9 Å². The molecule has 0 aliphatic heterocycles. The Morgan fingerprint density at radius 2 is 2.22 bits per heavy atom. The summed E-state index contributed by atoms with van der Waals surface area (Å²) in [6, 6.07) is 4.22. The highest BCUT2D eigenvalue weighted by Gasteiger charge is 2.54. The minimum absolute atomic E-state index is 0.0615. The lowest BCUT2D eigenvalue weighted by Crippen LogP contribution is -2.36. The van der Waals surface area contributed by atoms with Gasteiger partial charge in [-0.05, 0) is 31.0 Å². The average molecular weight is 316 g/mol. The highest BCUT2D eigenvalue weighted by Crippen LogP contribution is 2.46. The van der Waals surface area contributed by atoms with Crippen LogP contribution in [0.15, 0.2) is 27.8 Å². The molecule has 1 aromatic carbocycles. The molecule has 0 saturated heterocycles. The molecule has 1 aliphatic rings. The van der Waals surface area contributed by atoms with Crippen LogP contribution < -0.4 is 11.1 Å². The van der Waals surface area contributed by atoms with Gasteiger partial charge in [0, 0.05) is 4.47 Å². The van der Waals surface area contributed by atoms with E-state index in [2.05, 4.69) is 26.4 Å². The van der Waals surface area contributed by atoms with Crippen LogP contribution in [0.1, 0.15) is 12.8 Å². The molecule has 5 nitrogen and oxygen atoms in total. The zero-order chi connectivity index (χ0) is 13.3. The molecule has 0 atom stereocenters. The van der Waals surface area contributed by atoms with E-state index in [4.69, 9.17) is 10.9 Å². The van der Waals surface area contributed by atoms with Crippen LogP contribution in [0.3, 0.4) is 0 Å². The summed E-state index contributed by atoms with van der Waals surface area (Å²) >= 11 is 3.19. The summed E-state index contributed by atoms with van der Waals surface area (Å²) in [4.78, 5) is 12.0. The Balaban J connectivity index is 2.20. The van der Waals surface area contributed by atoms with Gasteiger partial charge in [-0.3, -0.25) is 4.79 Å². The highest BCUT2D eigenvalue weighted by atomic mass is 79.9. The van der Waals surface area contributed by atoms with E-state index in [-0.39, 0.29) is 11.5 Å². The molecule has 0 radical (unpaired) electrons. The van der Waals surface area contributed by atoms with Crippen LogP contribution in [0.2, 0.25) is 0 Å². The van der Waals surface area contributed by atoms with Crippen LogP contribution in [-0.4, -0.2) is 17.0 Å². The third-order valence-electron chi connectivity index (χ3n) is 2.96. The molecule has 1 aromatic rings. The number of nitrogens with one attached hydrogen (secondary N) is 1. The minimum Gasteiger partial charge on any atom is -0.409 e. The number of carbonyl (C=O) groups is 1. The zero-order valence-electron chi connectivity index (χ0n) is 9.28. The maximum Gasteiger partial charge on any atom is 0.238 e. The van der Waals surface area contributed by atoms with Crippen molar-refractivity contribution in [3.8, 4) is 0 Å². The summed E-state index contributed by atoms with van der Waals surface area (Å²) in [5.41, 5.74) is 4.54. The molecule has 0 aromatic heterocycles. The molecule has 18 heavy (non-hydrogen) atoms. The number of oxime groups is 1. The van der Waals surface area contributed by atoms with Crippen molar-refractivity contribution in [3.05, 3.63) is 28.5 Å². The number of nitrogens with zero attached hydrogens (tertiary/aromatic N) is 1. The number of amides is 1. The third kappa shape index (κ3) is 2.17. The fourth-order valence-corrected chi connectivity index (χ4v) is 2.02. The van der Waals surface area contributed by atoms with E-state index in [0.29, 0.717) is 17.3 Å². The van der Waals surface area contributed by atoms with E-state index in [1.165, 1.54) is 18.2 Å². The molecule has 1 saturated carbocycles. The van der Waals surface area contributed by atoms with Gasteiger partial charge in [-0.25, -0.2) is 4.39 Å². The van der Waals surface area contributed by atoms with Crippen molar-refractivity contribution in [2.45, 2.75) is 12.8 Å². The zero-order valence-corrected chi connectivity index (χ0v) is 10.9. The Hall–Kier alpha value is -1.63. The van der Waals surface area contributed by atoms with Crippen molar-refractivity contribution >= 4 is 33.4 Å². The normalized spacial score (nSPS) is 17.3. The van der Waals surface area contributed by atoms with Crippen molar-refractivity contribution in [1.82, 2.24) is 0 Å². The maximum atomic E-state index is 13.5. The second kappa shape index (κ2) is 4.56. The largest absolute Gasteiger partial charge is 0.409 e. The summed E-state index contributed by atoms with van der Waals surface area (Å²) in [5, 5.41) is 13.9. The Kier molecular flexibility index (Phi) is 3.25. The fraction of sp³-hybridized carbons (Fsp3) is 0.273. The summed E-state index contributed by atoms with van der Waals surface area (Å²) in [6.07, 6.45) is 0.981. The van der Waals surface area contributed by atoms with Crippen LogP contribution in [-0.2, 0) is 4.79 Å². The fourth-order valence-electron chi connectivity index (χ4n) is 1.66. The lowest BCUT2D eigenvalue weighted by atomic mass is 10.1. The van der Waals surface area contributed by atoms with Gasteiger partial charge in [0.15, 0.2) is 5.84 Å². The first-order chi connectivity index (χ1) is 8.49. The lowest BCUT2D eigenvalue weighted by Gasteiger charge is -2.14. The maximum absolute atomic E-state index is 13.5. The SMILES string of the molecule is N/C(=N/O)C1(C(=O)Nc2cc(Br)ccc2F)CC1. The molecule has 1 aliphatic carbocycles. The van der Waals surface area contributed by atoms with Gasteiger partial charge < -0.3 is 16.3 Å². The number of nitrogens with two attached hydrogens (primary N) is 1. The molecule has 7 heteroatoms. The number of amidine groups is 1. The molecule has 1 amide bonds. The standard InChI is InChI=1S/C11H11BrFN3O2/c12-6-1-2-7(13)8(5-6)15-10(17)11(3-4-11)9(14)16-18/h1-2,5,18H,3-4H2,(H2,14,16)(H,15,17). The van der Waals surface area contributed by atoms with E-state index in [0.717, 1.165) is 0 Å². The molecule has 0 unspecified atom stereocenters. The van der Waals surface area contributed by atoms with Crippen molar-refractivity contribution in [2.75, 3.05) is 5.32 Å². The van der Waals surface area contributed by atoms with E-state index in [1.807, 2.05) is 0 Å². The second-order valence-corrected chi connectivity index (χ2v) is 5.06. The number of carbonyl (C=O) groups excluding carboxylic acids is 1. The quantitative estimate of drug-likeness (QED) is 0.345. The molecule has 0 heterocycles. The van der Waals surface area contributed by atoms with Gasteiger partial charge >= 0.3 is 0 Å². The summed E-state index contributed by atoms with van der Waals surface area (Å²) in [7, 11) is 0. The molecule has 0 bridgehead atoms. The highest BCUT2D eigenvalue weighted by molar-refractivity contribution is 9.10. The molecule has 2 rings (SSSR count). The summed E-state index contributed by atoms with van der Waals surface area (Å²) in [6.45, 7) is 0. The van der Waals surface area contributed by atoms with Crippen molar-refractivity contribution < 1.29 is 14.4 Å². The van der Waals surface area contributed by atoms with Crippen molar-refractivity contribution in [3.63, 3.8) is 0 Å². The molecule has 1 fully saturated rings. The first-order valence-electron chi connectivity index (χ1n) is 5.24. The Labute approximate surface area is 111 Å². The van der Waals surface area contributed by atoms with Gasteiger partial charge in [0.1, 0.15) is 11.2 Å². The first kappa shape index (κ1) is 12.8. The second-order valence-electron chi connectivity index (χ2n) is 4.15. The van der Waals surface area contributed by atoms with Gasteiger partial charge in [0.05, 0.1) is 5.69 Å². The van der Waals surface area contributed by atoms with Gasteiger partial charge in [-0.1, -0.05) is 21.1 Å². The van der Waals surface area contributed by atoms with Crippen molar-refractivity contribution in [1.29, 1.82) is 0 Å². The third-order valence-corrected chi connectivity index (χ3v) is 3.45. The van der Waals surface area contributed by atoms with E-state index >= 15 is 0 Å². The topological polar surface area (TPSA) is 87.7 Å². The number of benzene rings is 1. The van der Waals surface area contributed by atoms with Crippen LogP contribution in [0, 0.1) is 11.2 Å². The van der Waals surface area contributed by atoms with E-state index in [9.17, 15) is 9.18 Å². The first-order valence-corrected chi connectivity index (χ1v) is 6.03. The Bertz CT molecular complexity index is 529. The van der Waals surface area contributed by atoms with Gasteiger partial charge in [-0.2, -0.15) is 0 Å². The number of rotatable bonds is 3. The number of halogens is 2.